The average molecular weight is 711 g/mol. The molecule has 0 spiro atoms. The van der Waals surface area contributed by atoms with Crippen LogP contribution in [0.5, 0.6) is 0 Å². The summed E-state index contributed by atoms with van der Waals surface area (Å²) in [4.78, 5) is 68.9. The average Bonchev–Trinajstić information content (AvgIpc) is 3.77. The number of nitrogens with one attached hydrogen (secondary N) is 4. The van der Waals surface area contributed by atoms with E-state index < -0.39 is 0 Å². The zero-order valence-electron chi connectivity index (χ0n) is 31.9. The van der Waals surface area contributed by atoms with Gasteiger partial charge in [-0.25, -0.2) is 9.97 Å². The molecule has 0 unspecified atom stereocenters. The SMILES string of the molecule is CC(C)NC(=O)CN(C)C(=O)C[C@@H](C)c1ncc(-c2ccc(-c3ccc(-c4cnc([C@@H](CC(=O)N(C)CC(=O)NC(C)C)C(C)C)[nH]4)cc3)cc2)[nH]1. The van der Waals surface area contributed by atoms with E-state index in [1.807, 2.05) is 46.8 Å². The molecule has 2 aromatic heterocycles. The van der Waals surface area contributed by atoms with Crippen molar-refractivity contribution in [3.8, 4) is 33.6 Å². The molecule has 12 nitrogen and oxygen atoms in total. The minimum Gasteiger partial charge on any atom is -0.352 e. The third kappa shape index (κ3) is 10.9. The predicted molar refractivity (Wildman–Crippen MR) is 204 cm³/mol. The van der Waals surface area contributed by atoms with Gasteiger partial charge < -0.3 is 30.4 Å². The summed E-state index contributed by atoms with van der Waals surface area (Å²) in [5.74, 6) is 0.787. The number of aromatic amines is 2. The molecule has 0 aliphatic heterocycles. The molecule has 0 saturated carbocycles. The molecule has 2 atom stereocenters. The number of benzene rings is 2. The van der Waals surface area contributed by atoms with Crippen LogP contribution >= 0.6 is 0 Å². The lowest BCUT2D eigenvalue weighted by molar-refractivity contribution is -0.135. The van der Waals surface area contributed by atoms with Crippen molar-refractivity contribution in [2.75, 3.05) is 27.2 Å². The van der Waals surface area contributed by atoms with Crippen LogP contribution in [0.15, 0.2) is 60.9 Å². The summed E-state index contributed by atoms with van der Waals surface area (Å²) in [6.07, 6.45) is 4.08. The highest BCUT2D eigenvalue weighted by Gasteiger charge is 2.25. The van der Waals surface area contributed by atoms with Crippen LogP contribution in [0.2, 0.25) is 0 Å². The third-order valence-corrected chi connectivity index (χ3v) is 8.93. The second-order valence-corrected chi connectivity index (χ2v) is 14.6. The molecule has 0 saturated heterocycles. The van der Waals surface area contributed by atoms with Crippen molar-refractivity contribution < 1.29 is 19.2 Å². The number of nitrogens with zero attached hydrogens (tertiary/aromatic N) is 4. The first-order valence-corrected chi connectivity index (χ1v) is 18.0. The summed E-state index contributed by atoms with van der Waals surface area (Å²) in [5, 5.41) is 5.63. The maximum Gasteiger partial charge on any atom is 0.239 e. The number of rotatable bonds is 16. The van der Waals surface area contributed by atoms with Crippen LogP contribution in [0.1, 0.15) is 84.8 Å². The van der Waals surface area contributed by atoms with Crippen molar-refractivity contribution in [1.82, 2.24) is 40.4 Å². The van der Waals surface area contributed by atoms with E-state index in [0.717, 1.165) is 45.3 Å². The summed E-state index contributed by atoms with van der Waals surface area (Å²) in [7, 11) is 3.29. The molecule has 0 aliphatic carbocycles. The highest BCUT2D eigenvalue weighted by Crippen LogP contribution is 2.31. The molecule has 0 fully saturated rings. The number of aromatic nitrogens is 4. The molecular formula is C40H54N8O4. The summed E-state index contributed by atoms with van der Waals surface area (Å²) < 4.78 is 0. The number of amides is 4. The largest absolute Gasteiger partial charge is 0.352 e. The maximum absolute atomic E-state index is 13.0. The van der Waals surface area contributed by atoms with Crippen LogP contribution in [0, 0.1) is 5.92 Å². The molecule has 2 aromatic carbocycles. The molecule has 2 heterocycles. The van der Waals surface area contributed by atoms with Crippen LogP contribution in [0.3, 0.4) is 0 Å². The Hall–Kier alpha value is -5.26. The van der Waals surface area contributed by atoms with Crippen molar-refractivity contribution >= 4 is 23.6 Å². The van der Waals surface area contributed by atoms with Gasteiger partial charge in [0.1, 0.15) is 11.6 Å². The van der Waals surface area contributed by atoms with E-state index in [9.17, 15) is 19.2 Å². The lowest BCUT2D eigenvalue weighted by atomic mass is 9.91. The summed E-state index contributed by atoms with van der Waals surface area (Å²) in [6, 6.07) is 16.5. The standard InChI is InChI=1S/C40H54N8O4/c1-24(2)32(19-38(52)48(9)23-36(50)44-26(5)6)40-42-21-34(46-40)31-16-12-29(13-17-31)28-10-14-30(15-11-28)33-20-41-39(45-33)27(7)18-37(51)47(8)22-35(49)43-25(3)4/h10-17,20-21,24-27,32H,18-19,22-23H2,1-9H3,(H,41,45)(H,42,46)(H,43,49)(H,44,50)/t27-,32+/m1/s1. The summed E-state index contributed by atoms with van der Waals surface area (Å²) in [5.41, 5.74) is 5.82. The fraction of sp³-hybridized carbons (Fsp3) is 0.450. The Morgan fingerprint density at radius 1 is 0.596 bits per heavy atom. The highest BCUT2D eigenvalue weighted by molar-refractivity contribution is 5.85. The van der Waals surface area contributed by atoms with E-state index >= 15 is 0 Å². The van der Waals surface area contributed by atoms with Crippen molar-refractivity contribution in [2.45, 2.75) is 85.2 Å². The van der Waals surface area contributed by atoms with Gasteiger partial charge in [-0.15, -0.1) is 0 Å². The zero-order chi connectivity index (χ0) is 38.1. The molecule has 4 rings (SSSR count). The van der Waals surface area contributed by atoms with Gasteiger partial charge in [-0.1, -0.05) is 69.3 Å². The van der Waals surface area contributed by atoms with E-state index in [-0.39, 0.29) is 79.4 Å². The van der Waals surface area contributed by atoms with Gasteiger partial charge in [0.05, 0.1) is 36.9 Å². The minimum atomic E-state index is -0.179. The minimum absolute atomic E-state index is 0.0182. The van der Waals surface area contributed by atoms with E-state index in [0.29, 0.717) is 0 Å². The zero-order valence-corrected chi connectivity index (χ0v) is 31.9. The predicted octanol–water partition coefficient (Wildman–Crippen LogP) is 5.72. The summed E-state index contributed by atoms with van der Waals surface area (Å²) >= 11 is 0. The lowest BCUT2D eigenvalue weighted by Crippen LogP contribution is -2.41. The molecule has 0 aliphatic rings. The number of H-pyrrole nitrogens is 2. The van der Waals surface area contributed by atoms with Crippen LogP contribution < -0.4 is 10.6 Å². The number of carbonyl (C=O) groups is 4. The smallest absolute Gasteiger partial charge is 0.239 e. The molecule has 12 heteroatoms. The Morgan fingerprint density at radius 2 is 0.981 bits per heavy atom. The molecule has 0 radical (unpaired) electrons. The second-order valence-electron chi connectivity index (χ2n) is 14.6. The Morgan fingerprint density at radius 3 is 1.40 bits per heavy atom. The number of imidazole rings is 2. The Bertz CT molecular complexity index is 1810. The van der Waals surface area contributed by atoms with Crippen LogP contribution in [0.4, 0.5) is 0 Å². The normalized spacial score (nSPS) is 12.5. The van der Waals surface area contributed by atoms with Gasteiger partial charge in [0.2, 0.25) is 23.6 Å². The molecule has 0 bridgehead atoms. The Kier molecular flexibility index (Phi) is 13.5. The van der Waals surface area contributed by atoms with Gasteiger partial charge >= 0.3 is 0 Å². The summed E-state index contributed by atoms with van der Waals surface area (Å²) in [6.45, 7) is 13.7. The van der Waals surface area contributed by atoms with Gasteiger partial charge in [-0.2, -0.15) is 0 Å². The first-order valence-electron chi connectivity index (χ1n) is 18.0. The van der Waals surface area contributed by atoms with Gasteiger partial charge in [0.15, 0.2) is 0 Å². The van der Waals surface area contributed by atoms with Crippen LogP contribution in [0.25, 0.3) is 33.6 Å². The second kappa shape index (κ2) is 17.8. The molecule has 4 N–H and O–H groups in total. The first kappa shape index (κ1) is 39.5. The van der Waals surface area contributed by atoms with Gasteiger partial charge in [-0.3, -0.25) is 19.2 Å². The third-order valence-electron chi connectivity index (χ3n) is 8.93. The van der Waals surface area contributed by atoms with Crippen molar-refractivity contribution in [3.63, 3.8) is 0 Å². The van der Waals surface area contributed by atoms with Crippen molar-refractivity contribution in [1.29, 1.82) is 0 Å². The van der Waals surface area contributed by atoms with Gasteiger partial charge in [0, 0.05) is 50.9 Å². The maximum atomic E-state index is 13.0. The van der Waals surface area contributed by atoms with Crippen LogP contribution in [-0.2, 0) is 19.2 Å². The molecule has 278 valence electrons. The van der Waals surface area contributed by atoms with Gasteiger partial charge in [0.25, 0.3) is 0 Å². The van der Waals surface area contributed by atoms with E-state index in [1.165, 1.54) is 9.80 Å². The van der Waals surface area contributed by atoms with Crippen molar-refractivity contribution in [3.05, 3.63) is 72.6 Å². The van der Waals surface area contributed by atoms with Gasteiger partial charge in [-0.05, 0) is 55.9 Å². The van der Waals surface area contributed by atoms with Crippen LogP contribution in [-0.4, -0.2) is 92.6 Å². The highest BCUT2D eigenvalue weighted by atomic mass is 16.2. The van der Waals surface area contributed by atoms with Crippen molar-refractivity contribution in [2.24, 2.45) is 5.92 Å². The lowest BCUT2D eigenvalue weighted by Gasteiger charge is -2.23. The van der Waals surface area contributed by atoms with E-state index in [2.05, 4.69) is 80.8 Å². The fourth-order valence-electron chi connectivity index (χ4n) is 5.94. The number of hydrogen-bond acceptors (Lipinski definition) is 6. The Labute approximate surface area is 307 Å². The number of likely N-dealkylation sites (N-methyl/N-ethyl adjacent to an activating group) is 2. The first-order chi connectivity index (χ1) is 24.6. The molecule has 52 heavy (non-hydrogen) atoms. The monoisotopic (exact) mass is 710 g/mol. The fourth-order valence-corrected chi connectivity index (χ4v) is 5.94. The van der Waals surface area contributed by atoms with E-state index in [1.54, 1.807) is 26.5 Å². The topological polar surface area (TPSA) is 156 Å². The number of hydrogen-bond donors (Lipinski definition) is 4. The number of carbonyl (C=O) groups excluding carboxylic acids is 4. The molecule has 4 aromatic rings. The quantitative estimate of drug-likeness (QED) is 0.117. The Balaban J connectivity index is 1.36. The van der Waals surface area contributed by atoms with E-state index in [4.69, 9.17) is 0 Å². The molecule has 4 amide bonds. The molecular weight excluding hydrogens is 656 g/mol.